The van der Waals surface area contributed by atoms with Crippen LogP contribution in [-0.4, -0.2) is 38.8 Å². The van der Waals surface area contributed by atoms with Crippen LogP contribution in [0.2, 0.25) is 0 Å². The highest BCUT2D eigenvalue weighted by Crippen LogP contribution is 2.38. The number of nitrogens with zero attached hydrogens (tertiary/aromatic N) is 4. The standard InChI is InChI=1S/C22H27BrN4O/c1-12-9-17(23)10-13(2)20(12)27-15(4)14(3)19-21(24-16(5)25-22(19)27)26-8-6-7-18(26)11-28/h9-10,18,28H,6-8,11H2,1-5H3. The first kappa shape index (κ1) is 19.4. The van der Waals surface area contributed by atoms with Crippen molar-refractivity contribution < 1.29 is 5.11 Å². The fourth-order valence-corrected chi connectivity index (χ4v) is 5.28. The third kappa shape index (κ3) is 2.94. The first-order chi connectivity index (χ1) is 13.3. The Morgan fingerprint density at radius 2 is 1.79 bits per heavy atom. The number of aromatic nitrogens is 3. The molecule has 4 rings (SSSR count). The molecule has 1 aromatic carbocycles. The zero-order valence-electron chi connectivity index (χ0n) is 17.2. The lowest BCUT2D eigenvalue weighted by Gasteiger charge is -2.25. The third-order valence-electron chi connectivity index (χ3n) is 5.99. The van der Waals surface area contributed by atoms with Crippen molar-refractivity contribution in [2.75, 3.05) is 18.1 Å². The fourth-order valence-electron chi connectivity index (χ4n) is 4.59. The van der Waals surface area contributed by atoms with Gasteiger partial charge >= 0.3 is 0 Å². The van der Waals surface area contributed by atoms with Gasteiger partial charge in [0, 0.05) is 16.7 Å². The van der Waals surface area contributed by atoms with Crippen molar-refractivity contribution in [3.63, 3.8) is 0 Å². The molecule has 2 aromatic heterocycles. The van der Waals surface area contributed by atoms with Crippen LogP contribution in [0.3, 0.4) is 0 Å². The molecule has 3 heterocycles. The summed E-state index contributed by atoms with van der Waals surface area (Å²) in [4.78, 5) is 12.0. The second-order valence-corrected chi connectivity index (χ2v) is 8.81. The number of hydrogen-bond donors (Lipinski definition) is 1. The van der Waals surface area contributed by atoms with E-state index in [9.17, 15) is 5.11 Å². The van der Waals surface area contributed by atoms with Gasteiger partial charge in [0.25, 0.3) is 0 Å². The van der Waals surface area contributed by atoms with Gasteiger partial charge in [0.1, 0.15) is 11.6 Å². The molecule has 148 valence electrons. The number of benzene rings is 1. The van der Waals surface area contributed by atoms with Gasteiger partial charge in [-0.25, -0.2) is 9.97 Å². The van der Waals surface area contributed by atoms with E-state index in [4.69, 9.17) is 9.97 Å². The quantitative estimate of drug-likeness (QED) is 0.639. The Labute approximate surface area is 174 Å². The molecule has 1 aliphatic heterocycles. The van der Waals surface area contributed by atoms with Crippen molar-refractivity contribution in [1.29, 1.82) is 0 Å². The van der Waals surface area contributed by atoms with E-state index in [0.717, 1.165) is 46.5 Å². The van der Waals surface area contributed by atoms with Crippen LogP contribution in [0.15, 0.2) is 16.6 Å². The van der Waals surface area contributed by atoms with Crippen molar-refractivity contribution in [1.82, 2.24) is 14.5 Å². The van der Waals surface area contributed by atoms with Gasteiger partial charge in [-0.3, -0.25) is 4.57 Å². The van der Waals surface area contributed by atoms with Crippen LogP contribution in [0.1, 0.15) is 41.1 Å². The molecule has 1 saturated heterocycles. The van der Waals surface area contributed by atoms with E-state index < -0.39 is 0 Å². The minimum atomic E-state index is 0.136. The van der Waals surface area contributed by atoms with E-state index in [-0.39, 0.29) is 12.6 Å². The molecule has 5 nitrogen and oxygen atoms in total. The molecular weight excluding hydrogens is 416 g/mol. The highest BCUT2D eigenvalue weighted by atomic mass is 79.9. The van der Waals surface area contributed by atoms with Crippen LogP contribution in [0.25, 0.3) is 16.7 Å². The number of rotatable bonds is 3. The molecule has 0 aliphatic carbocycles. The molecule has 1 N–H and O–H groups in total. The SMILES string of the molecule is Cc1nc(N2CCCC2CO)c2c(C)c(C)n(-c3c(C)cc(Br)cc3C)c2n1. The third-order valence-corrected chi connectivity index (χ3v) is 6.44. The lowest BCUT2D eigenvalue weighted by Crippen LogP contribution is -2.33. The van der Waals surface area contributed by atoms with E-state index in [1.165, 1.54) is 28.1 Å². The summed E-state index contributed by atoms with van der Waals surface area (Å²) >= 11 is 3.61. The average molecular weight is 443 g/mol. The van der Waals surface area contributed by atoms with Gasteiger partial charge in [-0.2, -0.15) is 0 Å². The molecule has 0 radical (unpaired) electrons. The number of fused-ring (bicyclic) bond motifs is 1. The van der Waals surface area contributed by atoms with Crippen LogP contribution >= 0.6 is 15.9 Å². The highest BCUT2D eigenvalue weighted by molar-refractivity contribution is 9.10. The molecule has 1 fully saturated rings. The summed E-state index contributed by atoms with van der Waals surface area (Å²) in [6.45, 7) is 11.6. The summed E-state index contributed by atoms with van der Waals surface area (Å²) in [6.07, 6.45) is 2.09. The lowest BCUT2D eigenvalue weighted by atomic mass is 10.1. The Bertz CT molecular complexity index is 1050. The smallest absolute Gasteiger partial charge is 0.150 e. The van der Waals surface area contributed by atoms with Gasteiger partial charge in [-0.15, -0.1) is 0 Å². The van der Waals surface area contributed by atoms with E-state index in [1.54, 1.807) is 0 Å². The summed E-state index contributed by atoms with van der Waals surface area (Å²) in [5.41, 5.74) is 6.94. The second-order valence-electron chi connectivity index (χ2n) is 7.90. The Balaban J connectivity index is 2.05. The van der Waals surface area contributed by atoms with E-state index in [2.05, 4.69) is 65.2 Å². The fraction of sp³-hybridized carbons (Fsp3) is 0.455. The Morgan fingerprint density at radius 3 is 2.43 bits per heavy atom. The van der Waals surface area contributed by atoms with Crippen molar-refractivity contribution >= 4 is 32.8 Å². The van der Waals surface area contributed by atoms with Crippen LogP contribution < -0.4 is 4.90 Å². The summed E-state index contributed by atoms with van der Waals surface area (Å²) in [5, 5.41) is 11.0. The molecule has 3 aromatic rings. The minimum absolute atomic E-state index is 0.136. The van der Waals surface area contributed by atoms with Gasteiger partial charge in [-0.05, 0) is 76.3 Å². The molecule has 0 amide bonds. The monoisotopic (exact) mass is 442 g/mol. The molecule has 0 bridgehead atoms. The maximum Gasteiger partial charge on any atom is 0.150 e. The van der Waals surface area contributed by atoms with Gasteiger partial charge in [0.2, 0.25) is 0 Å². The molecule has 6 heteroatoms. The highest BCUT2D eigenvalue weighted by Gasteiger charge is 2.29. The van der Waals surface area contributed by atoms with Crippen LogP contribution in [0.5, 0.6) is 0 Å². The molecule has 28 heavy (non-hydrogen) atoms. The molecule has 1 unspecified atom stereocenters. The molecule has 0 saturated carbocycles. The number of hydrogen-bond acceptors (Lipinski definition) is 4. The van der Waals surface area contributed by atoms with Crippen molar-refractivity contribution in [2.45, 2.75) is 53.5 Å². The maximum absolute atomic E-state index is 9.85. The van der Waals surface area contributed by atoms with Gasteiger partial charge in [0.15, 0.2) is 5.65 Å². The Kier molecular flexibility index (Phi) is 4.96. The van der Waals surface area contributed by atoms with Crippen LogP contribution in [-0.2, 0) is 0 Å². The predicted octanol–water partition coefficient (Wildman–Crippen LogP) is 4.69. The summed E-state index contributed by atoms with van der Waals surface area (Å²) < 4.78 is 3.37. The average Bonchev–Trinajstić information content (AvgIpc) is 3.19. The topological polar surface area (TPSA) is 54.2 Å². The van der Waals surface area contributed by atoms with E-state index >= 15 is 0 Å². The maximum atomic E-state index is 9.85. The van der Waals surface area contributed by atoms with Crippen LogP contribution in [0.4, 0.5) is 5.82 Å². The number of aliphatic hydroxyl groups is 1. The van der Waals surface area contributed by atoms with Crippen molar-refractivity contribution in [2.24, 2.45) is 0 Å². The van der Waals surface area contributed by atoms with Crippen molar-refractivity contribution in [3.8, 4) is 5.69 Å². The first-order valence-corrected chi connectivity index (χ1v) is 10.6. The zero-order valence-corrected chi connectivity index (χ0v) is 18.8. The Hall–Kier alpha value is -1.92. The van der Waals surface area contributed by atoms with E-state index in [0.29, 0.717) is 0 Å². The number of aryl methyl sites for hydroxylation is 4. The lowest BCUT2D eigenvalue weighted by molar-refractivity contribution is 0.266. The minimum Gasteiger partial charge on any atom is -0.394 e. The summed E-state index contributed by atoms with van der Waals surface area (Å²) in [5.74, 6) is 1.73. The largest absolute Gasteiger partial charge is 0.394 e. The second kappa shape index (κ2) is 7.16. The van der Waals surface area contributed by atoms with Gasteiger partial charge in [0.05, 0.1) is 23.7 Å². The number of aliphatic hydroxyl groups excluding tert-OH is 1. The molecule has 0 spiro atoms. The normalized spacial score (nSPS) is 17.1. The summed E-state index contributed by atoms with van der Waals surface area (Å²) in [6, 6.07) is 4.44. The number of halogens is 1. The van der Waals surface area contributed by atoms with E-state index in [1.807, 2.05) is 6.92 Å². The van der Waals surface area contributed by atoms with Crippen LogP contribution in [0, 0.1) is 34.6 Å². The van der Waals surface area contributed by atoms with Gasteiger partial charge in [-0.1, -0.05) is 15.9 Å². The van der Waals surface area contributed by atoms with Gasteiger partial charge < -0.3 is 10.0 Å². The first-order valence-electron chi connectivity index (χ1n) is 9.84. The summed E-state index contributed by atoms with van der Waals surface area (Å²) in [7, 11) is 0. The predicted molar refractivity (Wildman–Crippen MR) is 118 cm³/mol. The molecule has 1 aliphatic rings. The molecular formula is C22H27BrN4O. The molecule has 1 atom stereocenters. The zero-order chi connectivity index (χ0) is 20.2. The van der Waals surface area contributed by atoms with Crippen molar-refractivity contribution in [3.05, 3.63) is 44.8 Å². The Morgan fingerprint density at radius 1 is 1.11 bits per heavy atom. The number of anilines is 1.